The fraction of sp³-hybridized carbons (Fsp3) is 0.783. The van der Waals surface area contributed by atoms with E-state index >= 15 is 0 Å². The van der Waals surface area contributed by atoms with E-state index in [9.17, 15) is 4.79 Å². The van der Waals surface area contributed by atoms with Crippen LogP contribution in [0.2, 0.25) is 0 Å². The summed E-state index contributed by atoms with van der Waals surface area (Å²) in [5.74, 6) is 0.624. The van der Waals surface area contributed by atoms with Gasteiger partial charge in [0.1, 0.15) is 22.0 Å². The van der Waals surface area contributed by atoms with Crippen LogP contribution < -0.4 is 4.74 Å². The van der Waals surface area contributed by atoms with Gasteiger partial charge < -0.3 is 19.1 Å². The fourth-order valence-electron chi connectivity index (χ4n) is 5.13. The molecule has 1 aliphatic carbocycles. The number of fused-ring (bicyclic) bond motifs is 2. The highest BCUT2D eigenvalue weighted by Crippen LogP contribution is 2.39. The molecule has 7 nitrogen and oxygen atoms in total. The van der Waals surface area contributed by atoms with Crippen molar-refractivity contribution in [2.45, 2.75) is 115 Å². The van der Waals surface area contributed by atoms with Crippen molar-refractivity contribution in [2.24, 2.45) is 0 Å². The maximum Gasteiger partial charge on any atom is 0.410 e. The molecule has 2 saturated heterocycles. The Morgan fingerprint density at radius 3 is 2.23 bits per heavy atom. The Bertz CT molecular complexity index is 778. The summed E-state index contributed by atoms with van der Waals surface area (Å²) in [5, 5.41) is 0. The van der Waals surface area contributed by atoms with Crippen LogP contribution in [0.4, 0.5) is 4.79 Å². The van der Waals surface area contributed by atoms with Crippen LogP contribution in [0.5, 0.6) is 5.88 Å². The molecular formula is C23H34BrN3O4. The minimum absolute atomic E-state index is 0.164. The number of ether oxygens (including phenoxy) is 3. The number of hydrogen-bond donors (Lipinski definition) is 0. The van der Waals surface area contributed by atoms with Crippen LogP contribution >= 0.6 is 15.9 Å². The quantitative estimate of drug-likeness (QED) is 0.572. The molecule has 3 fully saturated rings. The van der Waals surface area contributed by atoms with Crippen molar-refractivity contribution in [2.75, 3.05) is 0 Å². The Morgan fingerprint density at radius 1 is 1.03 bits per heavy atom. The molecule has 0 spiro atoms. The zero-order valence-corrected chi connectivity index (χ0v) is 20.6. The standard InChI is InChI=1S/C23H34BrN3O4/c1-14-21(25-13-20(24)26-14)30-18-9-7-17(8-10-18)29-19-11-15-5-6-16(12-19)27(15)22(28)31-23(2,3)4/h13,15-19H,5-12H2,1-4H3/t15-,16+,17-,18-,19-. The maximum atomic E-state index is 12.6. The average molecular weight is 496 g/mol. The SMILES string of the molecule is Cc1nc(Br)cnc1O[C@H]1CC[C@H](O[C@@H]2C[C@H]3CC[C@@H](C2)N3C(=O)OC(C)(C)C)CC1. The van der Waals surface area contributed by atoms with Crippen LogP contribution in [0.15, 0.2) is 10.8 Å². The molecular weight excluding hydrogens is 462 g/mol. The number of aryl methyl sites for hydroxylation is 1. The molecule has 2 bridgehead atoms. The number of amides is 1. The molecule has 1 aromatic rings. The molecule has 0 aromatic carbocycles. The van der Waals surface area contributed by atoms with Crippen molar-refractivity contribution >= 4 is 22.0 Å². The Balaban J connectivity index is 1.24. The summed E-state index contributed by atoms with van der Waals surface area (Å²) in [4.78, 5) is 23.3. The van der Waals surface area contributed by atoms with Crippen LogP contribution in [0.25, 0.3) is 0 Å². The molecule has 2 aliphatic heterocycles. The van der Waals surface area contributed by atoms with Crippen molar-refractivity contribution in [3.05, 3.63) is 16.5 Å². The van der Waals surface area contributed by atoms with Gasteiger partial charge in [0.05, 0.1) is 18.4 Å². The van der Waals surface area contributed by atoms with E-state index in [1.54, 1.807) is 6.20 Å². The van der Waals surface area contributed by atoms with E-state index in [1.807, 2.05) is 32.6 Å². The van der Waals surface area contributed by atoms with E-state index in [0.29, 0.717) is 5.88 Å². The second kappa shape index (κ2) is 9.22. The first-order valence-electron chi connectivity index (χ1n) is 11.5. The highest BCUT2D eigenvalue weighted by Gasteiger charge is 2.45. The van der Waals surface area contributed by atoms with Crippen LogP contribution in [0, 0.1) is 6.92 Å². The van der Waals surface area contributed by atoms with E-state index in [-0.39, 0.29) is 36.5 Å². The minimum atomic E-state index is -0.453. The Labute approximate surface area is 193 Å². The van der Waals surface area contributed by atoms with Crippen molar-refractivity contribution in [1.29, 1.82) is 0 Å². The van der Waals surface area contributed by atoms with E-state index in [4.69, 9.17) is 14.2 Å². The summed E-state index contributed by atoms with van der Waals surface area (Å²) in [6.07, 6.45) is 10.0. The Hall–Kier alpha value is -1.41. The van der Waals surface area contributed by atoms with Gasteiger partial charge in [-0.3, -0.25) is 0 Å². The predicted octanol–water partition coefficient (Wildman–Crippen LogP) is 5.18. The van der Waals surface area contributed by atoms with Crippen molar-refractivity contribution in [3.8, 4) is 5.88 Å². The lowest BCUT2D eigenvalue weighted by molar-refractivity contribution is -0.0815. The number of carbonyl (C=O) groups is 1. The molecule has 3 heterocycles. The summed E-state index contributed by atoms with van der Waals surface area (Å²) in [6.45, 7) is 7.69. The summed E-state index contributed by atoms with van der Waals surface area (Å²) in [7, 11) is 0. The molecule has 1 amide bonds. The summed E-state index contributed by atoms with van der Waals surface area (Å²) in [6, 6.07) is 0.495. The lowest BCUT2D eigenvalue weighted by Crippen LogP contribution is -2.50. The van der Waals surface area contributed by atoms with Crippen LogP contribution in [-0.2, 0) is 9.47 Å². The van der Waals surface area contributed by atoms with Gasteiger partial charge in [-0.05, 0) is 95.0 Å². The third-order valence-electron chi connectivity index (χ3n) is 6.45. The van der Waals surface area contributed by atoms with Gasteiger partial charge in [0, 0.05) is 12.1 Å². The second-order valence-corrected chi connectivity index (χ2v) is 10.9. The monoisotopic (exact) mass is 495 g/mol. The highest BCUT2D eigenvalue weighted by molar-refractivity contribution is 9.10. The Kier molecular flexibility index (Phi) is 6.77. The number of aromatic nitrogens is 2. The first kappa shape index (κ1) is 22.8. The second-order valence-electron chi connectivity index (χ2n) is 10.1. The molecule has 8 heteroatoms. The zero-order valence-electron chi connectivity index (χ0n) is 19.0. The van der Waals surface area contributed by atoms with E-state index < -0.39 is 5.60 Å². The topological polar surface area (TPSA) is 73.8 Å². The molecule has 0 unspecified atom stereocenters. The van der Waals surface area contributed by atoms with E-state index in [2.05, 4.69) is 25.9 Å². The number of nitrogens with zero attached hydrogens (tertiary/aromatic N) is 3. The van der Waals surface area contributed by atoms with E-state index in [0.717, 1.165) is 61.7 Å². The summed E-state index contributed by atoms with van der Waals surface area (Å²) >= 11 is 3.34. The Morgan fingerprint density at radius 2 is 1.65 bits per heavy atom. The number of carbonyl (C=O) groups excluding carboxylic acids is 1. The number of hydrogen-bond acceptors (Lipinski definition) is 6. The largest absolute Gasteiger partial charge is 0.473 e. The fourth-order valence-corrected chi connectivity index (χ4v) is 5.49. The molecule has 172 valence electrons. The minimum Gasteiger partial charge on any atom is -0.473 e. The normalized spacial score (nSPS) is 30.9. The lowest BCUT2D eigenvalue weighted by atomic mass is 9.93. The van der Waals surface area contributed by atoms with Gasteiger partial charge in [0.15, 0.2) is 0 Å². The van der Waals surface area contributed by atoms with Gasteiger partial charge in [-0.15, -0.1) is 0 Å². The van der Waals surface area contributed by atoms with Gasteiger partial charge in [-0.25, -0.2) is 14.8 Å². The number of halogens is 1. The molecule has 1 saturated carbocycles. The van der Waals surface area contributed by atoms with Crippen LogP contribution in [0.1, 0.15) is 77.8 Å². The molecule has 3 atom stereocenters. The van der Waals surface area contributed by atoms with Crippen LogP contribution in [-0.4, -0.2) is 57.0 Å². The van der Waals surface area contributed by atoms with Gasteiger partial charge in [-0.1, -0.05) is 0 Å². The van der Waals surface area contributed by atoms with Crippen molar-refractivity contribution < 1.29 is 19.0 Å². The summed E-state index contributed by atoms with van der Waals surface area (Å²) in [5.41, 5.74) is 0.352. The summed E-state index contributed by atoms with van der Waals surface area (Å²) < 4.78 is 19.0. The molecule has 0 radical (unpaired) electrons. The first-order chi connectivity index (χ1) is 14.7. The lowest BCUT2D eigenvalue weighted by Gasteiger charge is -2.41. The molecule has 1 aromatic heterocycles. The van der Waals surface area contributed by atoms with Crippen molar-refractivity contribution in [1.82, 2.24) is 14.9 Å². The highest BCUT2D eigenvalue weighted by atomic mass is 79.9. The third-order valence-corrected chi connectivity index (χ3v) is 6.83. The van der Waals surface area contributed by atoms with Gasteiger partial charge in [0.2, 0.25) is 5.88 Å². The number of piperidine rings is 1. The van der Waals surface area contributed by atoms with E-state index in [1.165, 1.54) is 0 Å². The average Bonchev–Trinajstić information content (AvgIpc) is 2.95. The van der Waals surface area contributed by atoms with Gasteiger partial charge in [-0.2, -0.15) is 0 Å². The molecule has 31 heavy (non-hydrogen) atoms. The maximum absolute atomic E-state index is 12.6. The first-order valence-corrected chi connectivity index (χ1v) is 12.3. The molecule has 0 N–H and O–H groups in total. The van der Waals surface area contributed by atoms with Gasteiger partial charge in [0.25, 0.3) is 0 Å². The van der Waals surface area contributed by atoms with Crippen molar-refractivity contribution in [3.63, 3.8) is 0 Å². The smallest absolute Gasteiger partial charge is 0.410 e. The predicted molar refractivity (Wildman–Crippen MR) is 120 cm³/mol. The number of rotatable bonds is 4. The van der Waals surface area contributed by atoms with Gasteiger partial charge >= 0.3 is 6.09 Å². The zero-order chi connectivity index (χ0) is 22.2. The van der Waals surface area contributed by atoms with Crippen LogP contribution in [0.3, 0.4) is 0 Å². The molecule has 4 rings (SSSR count). The molecule has 3 aliphatic rings. The third kappa shape index (κ3) is 5.69.